The van der Waals surface area contributed by atoms with Gasteiger partial charge in [0.15, 0.2) is 0 Å². The topological polar surface area (TPSA) is 75.5 Å². The summed E-state index contributed by atoms with van der Waals surface area (Å²) in [5, 5.41) is 13.7. The Morgan fingerprint density at radius 2 is 2.23 bits per heavy atom. The number of halogens is 1. The van der Waals surface area contributed by atoms with Crippen LogP contribution in [-0.2, 0) is 0 Å². The van der Waals surface area contributed by atoms with Gasteiger partial charge in [-0.15, -0.1) is 0 Å². The zero-order valence-corrected chi connectivity index (χ0v) is 13.9. The molecule has 3 rings (SSSR count). The van der Waals surface area contributed by atoms with Crippen LogP contribution in [0.3, 0.4) is 0 Å². The van der Waals surface area contributed by atoms with Gasteiger partial charge in [0.05, 0.1) is 4.92 Å². The third-order valence-corrected chi connectivity index (χ3v) is 5.18. The number of urea groups is 1. The van der Waals surface area contributed by atoms with Gasteiger partial charge in [-0.1, -0.05) is 22.9 Å². The van der Waals surface area contributed by atoms with Crippen LogP contribution in [0.2, 0.25) is 0 Å². The molecule has 118 valence electrons. The molecule has 7 heteroatoms. The number of nitro benzene ring substituents is 1. The zero-order valence-electron chi connectivity index (χ0n) is 12.3. The third kappa shape index (κ3) is 3.09. The van der Waals surface area contributed by atoms with Gasteiger partial charge in [0, 0.05) is 23.6 Å². The lowest BCUT2D eigenvalue weighted by molar-refractivity contribution is -0.383. The van der Waals surface area contributed by atoms with E-state index in [2.05, 4.69) is 28.2 Å². The van der Waals surface area contributed by atoms with E-state index in [-0.39, 0.29) is 17.4 Å². The molecule has 1 saturated carbocycles. The molecular formula is C15H18BrN3O3. The lowest BCUT2D eigenvalue weighted by Gasteiger charge is -2.17. The van der Waals surface area contributed by atoms with E-state index in [0.717, 1.165) is 31.3 Å². The normalized spacial score (nSPS) is 26.8. The fourth-order valence-corrected chi connectivity index (χ4v) is 3.65. The minimum absolute atomic E-state index is 0.0943. The zero-order chi connectivity index (χ0) is 15.9. The monoisotopic (exact) mass is 367 g/mol. The average Bonchev–Trinajstić information content (AvgIpc) is 3.00. The van der Waals surface area contributed by atoms with Crippen LogP contribution in [-0.4, -0.2) is 28.9 Å². The molecule has 1 aromatic rings. The van der Waals surface area contributed by atoms with Crippen molar-refractivity contribution in [1.29, 1.82) is 0 Å². The Bertz CT molecular complexity index is 622. The van der Waals surface area contributed by atoms with Crippen molar-refractivity contribution in [2.75, 3.05) is 18.4 Å². The molecule has 1 aliphatic carbocycles. The predicted molar refractivity (Wildman–Crippen MR) is 86.8 cm³/mol. The van der Waals surface area contributed by atoms with Crippen molar-refractivity contribution in [2.24, 2.45) is 17.8 Å². The van der Waals surface area contributed by atoms with Crippen LogP contribution in [0.15, 0.2) is 22.7 Å². The molecule has 0 radical (unpaired) electrons. The van der Waals surface area contributed by atoms with Crippen molar-refractivity contribution >= 4 is 33.3 Å². The lowest BCUT2D eigenvalue weighted by atomic mass is 10.0. The Labute approximate surface area is 137 Å². The molecular weight excluding hydrogens is 350 g/mol. The molecule has 1 aliphatic heterocycles. The number of anilines is 1. The number of nitrogens with one attached hydrogen (secondary N) is 1. The van der Waals surface area contributed by atoms with Gasteiger partial charge in [-0.25, -0.2) is 4.79 Å². The van der Waals surface area contributed by atoms with Crippen LogP contribution in [0.1, 0.15) is 19.8 Å². The summed E-state index contributed by atoms with van der Waals surface area (Å²) in [6, 6.07) is 4.29. The van der Waals surface area contributed by atoms with Gasteiger partial charge in [-0.05, 0) is 42.7 Å². The molecule has 6 nitrogen and oxygen atoms in total. The Kier molecular flexibility index (Phi) is 4.08. The Balaban J connectivity index is 1.67. The standard InChI is InChI=1S/C15H18BrN3O3/c1-9-6-12(9)10-4-5-18(8-10)15(20)17-13-7-11(16)2-3-14(13)19(21)22/h2-3,7,9-10,12H,4-6,8H2,1H3,(H,17,20)/t9?,10?,12-/m0/s1. The van der Waals surface area contributed by atoms with Crippen LogP contribution in [0.25, 0.3) is 0 Å². The van der Waals surface area contributed by atoms with E-state index < -0.39 is 4.92 Å². The number of amides is 2. The van der Waals surface area contributed by atoms with E-state index >= 15 is 0 Å². The number of rotatable bonds is 3. The summed E-state index contributed by atoms with van der Waals surface area (Å²) in [5.74, 6) is 2.11. The number of hydrogen-bond acceptors (Lipinski definition) is 3. The largest absolute Gasteiger partial charge is 0.324 e. The van der Waals surface area contributed by atoms with Crippen LogP contribution in [0, 0.1) is 27.9 Å². The fourth-order valence-electron chi connectivity index (χ4n) is 3.29. The van der Waals surface area contributed by atoms with Gasteiger partial charge in [-0.2, -0.15) is 0 Å². The van der Waals surface area contributed by atoms with E-state index in [1.54, 1.807) is 17.0 Å². The molecule has 1 N–H and O–H groups in total. The molecule has 2 fully saturated rings. The third-order valence-electron chi connectivity index (χ3n) is 4.69. The Morgan fingerprint density at radius 1 is 1.50 bits per heavy atom. The highest BCUT2D eigenvalue weighted by Crippen LogP contribution is 2.47. The summed E-state index contributed by atoms with van der Waals surface area (Å²) in [7, 11) is 0. The first-order valence-corrected chi connectivity index (χ1v) is 8.25. The molecule has 1 aromatic carbocycles. The maximum atomic E-state index is 12.3. The SMILES string of the molecule is CC1C[C@@H]1C1CCN(C(=O)Nc2cc(Br)ccc2[N+](=O)[O-])C1. The van der Waals surface area contributed by atoms with E-state index in [4.69, 9.17) is 0 Å². The van der Waals surface area contributed by atoms with Crippen molar-refractivity contribution < 1.29 is 9.72 Å². The van der Waals surface area contributed by atoms with Crippen molar-refractivity contribution in [2.45, 2.75) is 19.8 Å². The first-order chi connectivity index (χ1) is 10.5. The van der Waals surface area contributed by atoms with Crippen LogP contribution < -0.4 is 5.32 Å². The van der Waals surface area contributed by atoms with Crippen molar-refractivity contribution in [3.05, 3.63) is 32.8 Å². The maximum Gasteiger partial charge on any atom is 0.322 e. The maximum absolute atomic E-state index is 12.3. The molecule has 22 heavy (non-hydrogen) atoms. The Morgan fingerprint density at radius 3 is 2.86 bits per heavy atom. The summed E-state index contributed by atoms with van der Waals surface area (Å²) < 4.78 is 0.694. The highest BCUT2D eigenvalue weighted by Gasteiger charge is 2.43. The van der Waals surface area contributed by atoms with E-state index in [1.807, 2.05) is 0 Å². The molecule has 2 aliphatic rings. The highest BCUT2D eigenvalue weighted by atomic mass is 79.9. The summed E-state index contributed by atoms with van der Waals surface area (Å²) in [4.78, 5) is 24.7. The second-order valence-corrected chi connectivity index (χ2v) is 7.14. The first kappa shape index (κ1) is 15.3. The molecule has 2 unspecified atom stereocenters. The van der Waals surface area contributed by atoms with Crippen LogP contribution in [0.5, 0.6) is 0 Å². The summed E-state index contributed by atoms with van der Waals surface area (Å²) in [6.45, 7) is 3.72. The second kappa shape index (κ2) is 5.87. The molecule has 3 atom stereocenters. The number of carbonyl (C=O) groups is 1. The minimum atomic E-state index is -0.485. The van der Waals surface area contributed by atoms with Gasteiger partial charge in [0.1, 0.15) is 5.69 Å². The predicted octanol–water partition coefficient (Wildman–Crippen LogP) is 3.87. The number of nitro groups is 1. The number of likely N-dealkylation sites (tertiary alicyclic amines) is 1. The van der Waals surface area contributed by atoms with Gasteiger partial charge in [0.25, 0.3) is 5.69 Å². The number of benzene rings is 1. The quantitative estimate of drug-likeness (QED) is 0.650. The number of carbonyl (C=O) groups excluding carboxylic acids is 1. The van der Waals surface area contributed by atoms with Crippen molar-refractivity contribution in [3.8, 4) is 0 Å². The molecule has 1 heterocycles. The molecule has 1 saturated heterocycles. The smallest absolute Gasteiger partial charge is 0.322 e. The average molecular weight is 368 g/mol. The van der Waals surface area contributed by atoms with E-state index in [9.17, 15) is 14.9 Å². The first-order valence-electron chi connectivity index (χ1n) is 7.45. The fraction of sp³-hybridized carbons (Fsp3) is 0.533. The van der Waals surface area contributed by atoms with Crippen molar-refractivity contribution in [3.63, 3.8) is 0 Å². The van der Waals surface area contributed by atoms with E-state index in [1.165, 1.54) is 12.5 Å². The van der Waals surface area contributed by atoms with Crippen LogP contribution >= 0.6 is 15.9 Å². The molecule has 2 amide bonds. The van der Waals surface area contributed by atoms with Crippen molar-refractivity contribution in [1.82, 2.24) is 4.90 Å². The highest BCUT2D eigenvalue weighted by molar-refractivity contribution is 9.10. The molecule has 0 bridgehead atoms. The minimum Gasteiger partial charge on any atom is -0.324 e. The summed E-state index contributed by atoms with van der Waals surface area (Å²) in [5.41, 5.74) is 0.135. The summed E-state index contributed by atoms with van der Waals surface area (Å²) >= 11 is 3.27. The number of hydrogen-bond donors (Lipinski definition) is 1. The van der Waals surface area contributed by atoms with Gasteiger partial charge in [0.2, 0.25) is 0 Å². The number of nitrogens with zero attached hydrogens (tertiary/aromatic N) is 2. The molecule has 0 aromatic heterocycles. The van der Waals surface area contributed by atoms with Gasteiger partial charge in [-0.3, -0.25) is 10.1 Å². The Hall–Kier alpha value is -1.63. The molecule has 0 spiro atoms. The van der Waals surface area contributed by atoms with Crippen LogP contribution in [0.4, 0.5) is 16.2 Å². The van der Waals surface area contributed by atoms with Gasteiger partial charge >= 0.3 is 6.03 Å². The second-order valence-electron chi connectivity index (χ2n) is 6.22. The van der Waals surface area contributed by atoms with Gasteiger partial charge < -0.3 is 10.2 Å². The summed E-state index contributed by atoms with van der Waals surface area (Å²) in [6.07, 6.45) is 2.29. The lowest BCUT2D eigenvalue weighted by Crippen LogP contribution is -2.33. The van der Waals surface area contributed by atoms with E-state index in [0.29, 0.717) is 10.4 Å².